The second kappa shape index (κ2) is 5.42. The van der Waals surface area contributed by atoms with Crippen LogP contribution in [0.15, 0.2) is 24.3 Å². The van der Waals surface area contributed by atoms with Crippen molar-refractivity contribution in [2.75, 3.05) is 0 Å². The molecule has 0 heterocycles. The molecule has 1 aromatic rings. The molecule has 14 heavy (non-hydrogen) atoms. The third kappa shape index (κ3) is 3.35. The largest absolute Gasteiger partial charge is 0.299 e. The van der Waals surface area contributed by atoms with Crippen molar-refractivity contribution in [2.24, 2.45) is 0 Å². The van der Waals surface area contributed by atoms with Crippen LogP contribution in [0.3, 0.4) is 0 Å². The minimum atomic E-state index is 0.0475. The number of carbonyl (C=O) groups is 1. The Kier molecular flexibility index (Phi) is 4.49. The molecule has 1 rings (SSSR count). The average Bonchev–Trinajstić information content (AvgIpc) is 2.16. The summed E-state index contributed by atoms with van der Waals surface area (Å²) in [5, 5.41) is 0.821. The molecule has 0 aliphatic rings. The molecule has 1 aromatic carbocycles. The van der Waals surface area contributed by atoms with Gasteiger partial charge >= 0.3 is 0 Å². The van der Waals surface area contributed by atoms with Gasteiger partial charge in [0.05, 0.1) is 5.25 Å². The van der Waals surface area contributed by atoms with Crippen molar-refractivity contribution in [1.29, 1.82) is 0 Å². The van der Waals surface area contributed by atoms with Crippen molar-refractivity contribution in [1.82, 2.24) is 0 Å². The summed E-state index contributed by atoms with van der Waals surface area (Å²) >= 11 is 7.61. The minimum absolute atomic E-state index is 0.0475. The Morgan fingerprint density at radius 3 is 2.71 bits per heavy atom. The molecule has 0 saturated carbocycles. The molecule has 0 saturated heterocycles. The fourth-order valence-corrected chi connectivity index (χ4v) is 2.15. The van der Waals surface area contributed by atoms with E-state index < -0.39 is 0 Å². The van der Waals surface area contributed by atoms with E-state index in [0.29, 0.717) is 0 Å². The summed E-state index contributed by atoms with van der Waals surface area (Å²) in [7, 11) is 0. The molecule has 0 spiro atoms. The van der Waals surface area contributed by atoms with E-state index in [1.54, 1.807) is 18.7 Å². The highest BCUT2D eigenvalue weighted by molar-refractivity contribution is 7.99. The normalized spacial score (nSPS) is 12.5. The Balaban J connectivity index is 2.54. The zero-order valence-corrected chi connectivity index (χ0v) is 9.86. The second-order valence-corrected chi connectivity index (χ2v) is 4.89. The molecule has 0 aliphatic carbocycles. The lowest BCUT2D eigenvalue weighted by Gasteiger charge is -2.08. The SMILES string of the molecule is CC(=O)C(C)SCc1ccccc1Cl. The second-order valence-electron chi connectivity index (χ2n) is 3.16. The Labute approximate surface area is 93.8 Å². The van der Waals surface area contributed by atoms with Gasteiger partial charge in [0.1, 0.15) is 5.78 Å². The Hall–Kier alpha value is -0.470. The molecule has 0 N–H and O–H groups in total. The van der Waals surface area contributed by atoms with Gasteiger partial charge in [-0.25, -0.2) is 0 Å². The van der Waals surface area contributed by atoms with Gasteiger partial charge < -0.3 is 0 Å². The van der Waals surface area contributed by atoms with Crippen LogP contribution in [0.25, 0.3) is 0 Å². The van der Waals surface area contributed by atoms with Gasteiger partial charge in [-0.2, -0.15) is 0 Å². The van der Waals surface area contributed by atoms with Gasteiger partial charge in [-0.3, -0.25) is 4.79 Å². The summed E-state index contributed by atoms with van der Waals surface area (Å²) in [5.74, 6) is 1.00. The van der Waals surface area contributed by atoms with Gasteiger partial charge in [0.2, 0.25) is 0 Å². The van der Waals surface area contributed by atoms with E-state index >= 15 is 0 Å². The molecule has 1 atom stereocenters. The molecule has 76 valence electrons. The zero-order valence-electron chi connectivity index (χ0n) is 8.29. The Bertz CT molecular complexity index is 325. The lowest BCUT2D eigenvalue weighted by molar-refractivity contribution is -0.116. The summed E-state index contributed by atoms with van der Waals surface area (Å²) in [5.41, 5.74) is 1.09. The predicted molar refractivity (Wildman–Crippen MR) is 62.9 cm³/mol. The van der Waals surface area contributed by atoms with Crippen LogP contribution in [0.1, 0.15) is 19.4 Å². The molecular formula is C11H13ClOS. The van der Waals surface area contributed by atoms with Crippen molar-refractivity contribution >= 4 is 29.1 Å². The first-order chi connectivity index (χ1) is 6.61. The van der Waals surface area contributed by atoms with Gasteiger partial charge in [-0.1, -0.05) is 29.8 Å². The number of ketones is 1. The Morgan fingerprint density at radius 2 is 2.14 bits per heavy atom. The maximum atomic E-state index is 11.0. The maximum absolute atomic E-state index is 11.0. The van der Waals surface area contributed by atoms with E-state index in [9.17, 15) is 4.79 Å². The molecule has 0 aromatic heterocycles. The molecule has 1 nitrogen and oxygen atoms in total. The Morgan fingerprint density at radius 1 is 1.50 bits per heavy atom. The first-order valence-corrected chi connectivity index (χ1v) is 5.89. The molecule has 1 unspecified atom stereocenters. The first-order valence-electron chi connectivity index (χ1n) is 4.46. The highest BCUT2D eigenvalue weighted by Gasteiger charge is 2.08. The number of hydrogen-bond donors (Lipinski definition) is 0. The maximum Gasteiger partial charge on any atom is 0.142 e. The lowest BCUT2D eigenvalue weighted by Crippen LogP contribution is -2.08. The number of hydrogen-bond acceptors (Lipinski definition) is 2. The fraction of sp³-hybridized carbons (Fsp3) is 0.364. The standard InChI is InChI=1S/C11H13ClOS/c1-8(13)9(2)14-7-10-5-3-4-6-11(10)12/h3-6,9H,7H2,1-2H3. The molecule has 0 amide bonds. The summed E-state index contributed by atoms with van der Waals surface area (Å²) in [4.78, 5) is 11.0. The molecule has 0 fully saturated rings. The summed E-state index contributed by atoms with van der Waals surface area (Å²) in [6.07, 6.45) is 0. The lowest BCUT2D eigenvalue weighted by atomic mass is 10.2. The van der Waals surface area contributed by atoms with Crippen LogP contribution in [-0.2, 0) is 10.5 Å². The van der Waals surface area contributed by atoms with Gasteiger partial charge in [0, 0.05) is 10.8 Å². The van der Waals surface area contributed by atoms with Crippen molar-refractivity contribution in [3.8, 4) is 0 Å². The van der Waals surface area contributed by atoms with Crippen LogP contribution < -0.4 is 0 Å². The summed E-state index contributed by atoms with van der Waals surface area (Å²) in [6.45, 7) is 3.54. The molecular weight excluding hydrogens is 216 g/mol. The van der Waals surface area contributed by atoms with Crippen LogP contribution in [0.5, 0.6) is 0 Å². The van der Waals surface area contributed by atoms with Crippen molar-refractivity contribution in [2.45, 2.75) is 24.9 Å². The molecule has 0 bridgehead atoms. The topological polar surface area (TPSA) is 17.1 Å². The molecule has 3 heteroatoms. The number of carbonyl (C=O) groups excluding carboxylic acids is 1. The van der Waals surface area contributed by atoms with Gasteiger partial charge in [-0.05, 0) is 25.5 Å². The number of rotatable bonds is 4. The number of halogens is 1. The van der Waals surface area contributed by atoms with Crippen LogP contribution in [0.4, 0.5) is 0 Å². The van der Waals surface area contributed by atoms with Crippen molar-refractivity contribution < 1.29 is 4.79 Å². The highest BCUT2D eigenvalue weighted by Crippen LogP contribution is 2.23. The number of thioether (sulfide) groups is 1. The van der Waals surface area contributed by atoms with Gasteiger partial charge in [0.25, 0.3) is 0 Å². The zero-order chi connectivity index (χ0) is 10.6. The molecule has 0 radical (unpaired) electrons. The van der Waals surface area contributed by atoms with Crippen LogP contribution in [-0.4, -0.2) is 11.0 Å². The van der Waals surface area contributed by atoms with Gasteiger partial charge in [0.15, 0.2) is 0 Å². The summed E-state index contributed by atoms with van der Waals surface area (Å²) in [6, 6.07) is 7.73. The van der Waals surface area contributed by atoms with Crippen molar-refractivity contribution in [3.05, 3.63) is 34.9 Å². The highest BCUT2D eigenvalue weighted by atomic mass is 35.5. The number of benzene rings is 1. The summed E-state index contributed by atoms with van der Waals surface area (Å²) < 4.78 is 0. The smallest absolute Gasteiger partial charge is 0.142 e. The predicted octanol–water partition coefficient (Wildman–Crippen LogP) is 3.55. The first kappa shape index (κ1) is 11.6. The monoisotopic (exact) mass is 228 g/mol. The number of Topliss-reactive ketones (excluding diaryl/α,β-unsaturated/α-hetero) is 1. The van der Waals surface area contributed by atoms with Crippen molar-refractivity contribution in [3.63, 3.8) is 0 Å². The van der Waals surface area contributed by atoms with Crippen LogP contribution in [0.2, 0.25) is 5.02 Å². The third-order valence-corrected chi connectivity index (χ3v) is 3.70. The molecule has 0 aliphatic heterocycles. The van der Waals surface area contributed by atoms with E-state index in [1.165, 1.54) is 0 Å². The minimum Gasteiger partial charge on any atom is -0.299 e. The van der Waals surface area contributed by atoms with E-state index in [4.69, 9.17) is 11.6 Å². The van der Waals surface area contributed by atoms with E-state index in [1.807, 2.05) is 31.2 Å². The third-order valence-electron chi connectivity index (χ3n) is 2.02. The quantitative estimate of drug-likeness (QED) is 0.784. The van der Waals surface area contributed by atoms with Crippen LogP contribution in [0, 0.1) is 0 Å². The average molecular weight is 229 g/mol. The van der Waals surface area contributed by atoms with E-state index in [-0.39, 0.29) is 11.0 Å². The van der Waals surface area contributed by atoms with Gasteiger partial charge in [-0.15, -0.1) is 11.8 Å². The van der Waals surface area contributed by atoms with E-state index in [0.717, 1.165) is 16.3 Å². The van der Waals surface area contributed by atoms with Crippen LogP contribution >= 0.6 is 23.4 Å². The fourth-order valence-electron chi connectivity index (χ4n) is 0.948. The van der Waals surface area contributed by atoms with E-state index in [2.05, 4.69) is 0 Å².